The zero-order chi connectivity index (χ0) is 12.5. The van der Waals surface area contributed by atoms with Gasteiger partial charge in [-0.2, -0.15) is 0 Å². The van der Waals surface area contributed by atoms with Crippen LogP contribution in [0.3, 0.4) is 0 Å². The van der Waals surface area contributed by atoms with Crippen molar-refractivity contribution in [2.24, 2.45) is 11.8 Å². The largest absolute Gasteiger partial charge is 0.380 e. The fraction of sp³-hybridized carbons (Fsp3) is 0.625. The zero-order valence-corrected chi connectivity index (χ0v) is 11.4. The first-order valence-corrected chi connectivity index (χ1v) is 7.19. The van der Waals surface area contributed by atoms with Gasteiger partial charge in [-0.3, -0.25) is 0 Å². The summed E-state index contributed by atoms with van der Waals surface area (Å²) < 4.78 is 5.62. The molecule has 0 heterocycles. The molecule has 0 spiro atoms. The minimum atomic E-state index is 0.520. The molecule has 0 bridgehead atoms. The van der Waals surface area contributed by atoms with Crippen molar-refractivity contribution in [1.82, 2.24) is 5.32 Å². The molecule has 1 aromatic rings. The maximum atomic E-state index is 5.62. The van der Waals surface area contributed by atoms with Gasteiger partial charge in [0.1, 0.15) is 0 Å². The molecule has 1 saturated carbocycles. The summed E-state index contributed by atoms with van der Waals surface area (Å²) in [6.07, 6.45) is 2.62. The number of nitrogens with one attached hydrogen (secondary N) is 1. The highest BCUT2D eigenvalue weighted by atomic mass is 16.5. The number of ether oxygens (including phenoxy) is 1. The lowest BCUT2D eigenvalue weighted by Gasteiger charge is -2.16. The number of hydrogen-bond donors (Lipinski definition) is 1. The van der Waals surface area contributed by atoms with Crippen LogP contribution < -0.4 is 5.32 Å². The molecule has 4 atom stereocenters. The lowest BCUT2D eigenvalue weighted by molar-refractivity contribution is 0.116. The third-order valence-electron chi connectivity index (χ3n) is 4.73. The van der Waals surface area contributed by atoms with E-state index in [2.05, 4.69) is 43.6 Å². The van der Waals surface area contributed by atoms with Crippen molar-refractivity contribution in [3.8, 4) is 0 Å². The van der Waals surface area contributed by atoms with Gasteiger partial charge in [0.25, 0.3) is 0 Å². The Hall–Kier alpha value is -0.860. The van der Waals surface area contributed by atoms with E-state index in [1.54, 1.807) is 11.1 Å². The van der Waals surface area contributed by atoms with Gasteiger partial charge in [0.2, 0.25) is 0 Å². The van der Waals surface area contributed by atoms with E-state index in [9.17, 15) is 0 Å². The Morgan fingerprint density at radius 3 is 3.00 bits per heavy atom. The summed E-state index contributed by atoms with van der Waals surface area (Å²) in [5.41, 5.74) is 3.18. The van der Waals surface area contributed by atoms with Crippen LogP contribution in [0.25, 0.3) is 0 Å². The second-order valence-electron chi connectivity index (χ2n) is 5.56. The van der Waals surface area contributed by atoms with E-state index in [1.807, 2.05) is 0 Å². The van der Waals surface area contributed by atoms with Gasteiger partial charge in [-0.1, -0.05) is 24.3 Å². The van der Waals surface area contributed by atoms with Crippen LogP contribution in [-0.2, 0) is 11.2 Å². The average Bonchev–Trinajstić information content (AvgIpc) is 3.15. The van der Waals surface area contributed by atoms with Gasteiger partial charge in [0.05, 0.1) is 6.61 Å². The first-order chi connectivity index (χ1) is 8.86. The number of fused-ring (bicyclic) bond motifs is 3. The Morgan fingerprint density at radius 1 is 1.39 bits per heavy atom. The Kier molecular flexibility index (Phi) is 3.40. The highest BCUT2D eigenvalue weighted by molar-refractivity contribution is 5.40. The summed E-state index contributed by atoms with van der Waals surface area (Å²) in [7, 11) is 2.07. The van der Waals surface area contributed by atoms with Crippen LogP contribution in [0.2, 0.25) is 0 Å². The van der Waals surface area contributed by atoms with E-state index in [0.29, 0.717) is 6.04 Å². The molecule has 0 aliphatic heterocycles. The minimum Gasteiger partial charge on any atom is -0.380 e. The molecule has 0 aromatic heterocycles. The smallest absolute Gasteiger partial charge is 0.0622 e. The second-order valence-corrected chi connectivity index (χ2v) is 5.56. The van der Waals surface area contributed by atoms with Gasteiger partial charge in [-0.25, -0.2) is 0 Å². The van der Waals surface area contributed by atoms with Crippen LogP contribution in [0.15, 0.2) is 24.3 Å². The van der Waals surface area contributed by atoms with Crippen molar-refractivity contribution in [2.75, 3.05) is 20.3 Å². The summed E-state index contributed by atoms with van der Waals surface area (Å²) in [5.74, 6) is 2.45. The normalized spacial score (nSPS) is 30.4. The van der Waals surface area contributed by atoms with Crippen molar-refractivity contribution in [3.63, 3.8) is 0 Å². The lowest BCUT2D eigenvalue weighted by Crippen LogP contribution is -2.33. The molecule has 18 heavy (non-hydrogen) atoms. The quantitative estimate of drug-likeness (QED) is 0.861. The predicted molar refractivity (Wildman–Crippen MR) is 73.8 cm³/mol. The molecule has 2 nitrogen and oxygen atoms in total. The Balaban J connectivity index is 1.75. The molecule has 2 aliphatic rings. The molecule has 1 aromatic carbocycles. The predicted octanol–water partition coefficient (Wildman–Crippen LogP) is 2.59. The topological polar surface area (TPSA) is 21.3 Å². The maximum Gasteiger partial charge on any atom is 0.0622 e. The van der Waals surface area contributed by atoms with Crippen LogP contribution in [0.5, 0.6) is 0 Å². The summed E-state index contributed by atoms with van der Waals surface area (Å²) in [6.45, 7) is 3.74. The summed E-state index contributed by atoms with van der Waals surface area (Å²) in [5, 5.41) is 3.46. The highest BCUT2D eigenvalue weighted by Gasteiger charge is 2.55. The van der Waals surface area contributed by atoms with Crippen molar-refractivity contribution in [3.05, 3.63) is 35.4 Å². The molecule has 2 heteroatoms. The van der Waals surface area contributed by atoms with E-state index < -0.39 is 0 Å². The molecule has 1 N–H and O–H groups in total. The van der Waals surface area contributed by atoms with Gasteiger partial charge in [0.15, 0.2) is 0 Å². The Morgan fingerprint density at radius 2 is 2.22 bits per heavy atom. The fourth-order valence-electron chi connectivity index (χ4n) is 3.80. The van der Waals surface area contributed by atoms with Crippen LogP contribution in [0.4, 0.5) is 0 Å². The van der Waals surface area contributed by atoms with E-state index in [-0.39, 0.29) is 0 Å². The first kappa shape index (κ1) is 12.2. The van der Waals surface area contributed by atoms with E-state index >= 15 is 0 Å². The van der Waals surface area contributed by atoms with Crippen molar-refractivity contribution < 1.29 is 4.74 Å². The van der Waals surface area contributed by atoms with Crippen LogP contribution in [-0.4, -0.2) is 26.3 Å². The molecular formula is C16H23NO. The Bertz CT molecular complexity index is 417. The lowest BCUT2D eigenvalue weighted by atomic mass is 9.92. The van der Waals surface area contributed by atoms with Gasteiger partial charge < -0.3 is 10.1 Å². The maximum absolute atomic E-state index is 5.62. The van der Waals surface area contributed by atoms with Gasteiger partial charge >= 0.3 is 0 Å². The fourth-order valence-corrected chi connectivity index (χ4v) is 3.80. The molecule has 3 rings (SSSR count). The van der Waals surface area contributed by atoms with Crippen LogP contribution in [0.1, 0.15) is 30.4 Å². The van der Waals surface area contributed by atoms with Crippen LogP contribution >= 0.6 is 0 Å². The molecule has 0 radical (unpaired) electrons. The molecular weight excluding hydrogens is 222 g/mol. The van der Waals surface area contributed by atoms with Gasteiger partial charge in [0, 0.05) is 12.6 Å². The summed E-state index contributed by atoms with van der Waals surface area (Å²) in [4.78, 5) is 0. The summed E-state index contributed by atoms with van der Waals surface area (Å²) in [6, 6.07) is 9.52. The standard InChI is InChI=1S/C16H23NO/c1-3-18-10-14(17-2)16-13-9-8-11-6-4-5-7-12(11)15(13)16/h4-7,13-17H,3,8-10H2,1-2H3. The Labute approximate surface area is 110 Å². The van der Waals surface area contributed by atoms with Crippen molar-refractivity contribution in [1.29, 1.82) is 0 Å². The third kappa shape index (κ3) is 1.98. The number of aryl methyl sites for hydroxylation is 1. The van der Waals surface area contributed by atoms with E-state index in [4.69, 9.17) is 4.74 Å². The van der Waals surface area contributed by atoms with E-state index in [1.165, 1.54) is 12.8 Å². The number of hydrogen-bond acceptors (Lipinski definition) is 2. The molecule has 0 saturated heterocycles. The minimum absolute atomic E-state index is 0.520. The summed E-state index contributed by atoms with van der Waals surface area (Å²) >= 11 is 0. The number of benzene rings is 1. The number of likely N-dealkylation sites (N-methyl/N-ethyl adjacent to an activating group) is 1. The van der Waals surface area contributed by atoms with Gasteiger partial charge in [-0.05, 0) is 55.7 Å². The highest BCUT2D eigenvalue weighted by Crippen LogP contribution is 2.61. The molecule has 2 aliphatic carbocycles. The average molecular weight is 245 g/mol. The molecule has 0 amide bonds. The SMILES string of the molecule is CCOCC(NC)C1C2CCc3ccccc3C21. The molecule has 98 valence electrons. The van der Waals surface area contributed by atoms with Crippen LogP contribution in [0, 0.1) is 11.8 Å². The van der Waals surface area contributed by atoms with Crippen molar-refractivity contribution >= 4 is 0 Å². The zero-order valence-electron chi connectivity index (χ0n) is 11.4. The molecule has 4 unspecified atom stereocenters. The third-order valence-corrected chi connectivity index (χ3v) is 4.73. The van der Waals surface area contributed by atoms with Crippen molar-refractivity contribution in [2.45, 2.75) is 31.7 Å². The molecule has 1 fully saturated rings. The van der Waals surface area contributed by atoms with Gasteiger partial charge in [-0.15, -0.1) is 0 Å². The monoisotopic (exact) mass is 245 g/mol. The van der Waals surface area contributed by atoms with E-state index in [0.717, 1.165) is 31.0 Å². The second kappa shape index (κ2) is 5.02. The first-order valence-electron chi connectivity index (χ1n) is 7.19. The number of rotatable bonds is 5.